The minimum Gasteiger partial charge on any atom is -0.378 e. The molecule has 0 amide bonds. The van der Waals surface area contributed by atoms with Crippen LogP contribution in [0.4, 0.5) is 0 Å². The van der Waals surface area contributed by atoms with Crippen molar-refractivity contribution in [2.24, 2.45) is 5.92 Å². The second kappa shape index (κ2) is 6.73. The molecular weight excluding hydrogens is 246 g/mol. The third-order valence-electron chi connectivity index (χ3n) is 4.20. The highest BCUT2D eigenvalue weighted by Gasteiger charge is 2.30. The fourth-order valence-corrected chi connectivity index (χ4v) is 2.89. The van der Waals surface area contributed by atoms with Crippen molar-refractivity contribution < 1.29 is 4.74 Å². The predicted octanol–water partition coefficient (Wildman–Crippen LogP) is 3.97. The highest BCUT2D eigenvalue weighted by molar-refractivity contribution is 5.18. The second-order valence-electron chi connectivity index (χ2n) is 7.14. The van der Waals surface area contributed by atoms with Gasteiger partial charge in [0, 0.05) is 18.7 Å². The van der Waals surface area contributed by atoms with E-state index in [9.17, 15) is 0 Å². The largest absolute Gasteiger partial charge is 0.378 e. The van der Waals surface area contributed by atoms with Gasteiger partial charge in [-0.1, -0.05) is 37.3 Å². The molecule has 1 aliphatic rings. The topological polar surface area (TPSA) is 21.3 Å². The van der Waals surface area contributed by atoms with Gasteiger partial charge in [0.1, 0.15) is 0 Å². The van der Waals surface area contributed by atoms with Crippen LogP contribution in [-0.2, 0) is 4.74 Å². The van der Waals surface area contributed by atoms with Crippen molar-refractivity contribution in [2.75, 3.05) is 13.2 Å². The molecule has 0 spiro atoms. The minimum atomic E-state index is 0.193. The maximum Gasteiger partial charge on any atom is 0.0622 e. The molecular formula is C18H29NO. The number of benzene rings is 1. The molecule has 1 fully saturated rings. The highest BCUT2D eigenvalue weighted by Crippen LogP contribution is 2.30. The van der Waals surface area contributed by atoms with E-state index in [0.717, 1.165) is 19.6 Å². The van der Waals surface area contributed by atoms with Crippen LogP contribution in [0.3, 0.4) is 0 Å². The summed E-state index contributed by atoms with van der Waals surface area (Å²) in [5.41, 5.74) is 1.61. The third kappa shape index (κ3) is 4.60. The first-order valence-corrected chi connectivity index (χ1v) is 7.87. The van der Waals surface area contributed by atoms with Crippen LogP contribution in [-0.4, -0.2) is 24.8 Å². The van der Waals surface area contributed by atoms with Crippen molar-refractivity contribution in [3.63, 3.8) is 0 Å². The van der Waals surface area contributed by atoms with E-state index in [4.69, 9.17) is 4.74 Å². The van der Waals surface area contributed by atoms with Crippen LogP contribution in [0.15, 0.2) is 30.3 Å². The van der Waals surface area contributed by atoms with Gasteiger partial charge in [-0.2, -0.15) is 0 Å². The molecule has 1 heterocycles. The van der Waals surface area contributed by atoms with Crippen molar-refractivity contribution in [3.8, 4) is 0 Å². The molecule has 1 aliphatic heterocycles. The molecule has 0 radical (unpaired) electrons. The van der Waals surface area contributed by atoms with Gasteiger partial charge in [0.2, 0.25) is 0 Å². The number of ether oxygens (including phenoxy) is 1. The maximum absolute atomic E-state index is 5.98. The Morgan fingerprint density at radius 1 is 1.25 bits per heavy atom. The van der Waals surface area contributed by atoms with Gasteiger partial charge < -0.3 is 10.1 Å². The zero-order valence-corrected chi connectivity index (χ0v) is 13.4. The summed E-state index contributed by atoms with van der Waals surface area (Å²) in [5.74, 6) is 1.22. The van der Waals surface area contributed by atoms with E-state index in [1.54, 1.807) is 0 Å². The number of rotatable bonds is 5. The van der Waals surface area contributed by atoms with Crippen molar-refractivity contribution in [1.29, 1.82) is 0 Å². The van der Waals surface area contributed by atoms with Crippen molar-refractivity contribution in [1.82, 2.24) is 5.32 Å². The summed E-state index contributed by atoms with van der Waals surface area (Å²) in [6, 6.07) is 10.8. The molecule has 2 rings (SSSR count). The van der Waals surface area contributed by atoms with Crippen LogP contribution < -0.4 is 5.32 Å². The van der Waals surface area contributed by atoms with Crippen molar-refractivity contribution >= 4 is 0 Å². The lowest BCUT2D eigenvalue weighted by molar-refractivity contribution is 0.0769. The Morgan fingerprint density at radius 2 is 1.95 bits per heavy atom. The van der Waals surface area contributed by atoms with E-state index in [1.807, 2.05) is 0 Å². The Balaban J connectivity index is 1.88. The Morgan fingerprint density at radius 3 is 2.60 bits per heavy atom. The lowest BCUT2D eigenvalue weighted by Crippen LogP contribution is -2.41. The summed E-state index contributed by atoms with van der Waals surface area (Å²) in [6.07, 6.45) is 2.72. The van der Waals surface area contributed by atoms with Gasteiger partial charge in [0.05, 0.1) is 6.10 Å². The fourth-order valence-electron chi connectivity index (χ4n) is 2.89. The van der Waals surface area contributed by atoms with Gasteiger partial charge >= 0.3 is 0 Å². The molecule has 0 bridgehead atoms. The van der Waals surface area contributed by atoms with E-state index in [-0.39, 0.29) is 5.54 Å². The highest BCUT2D eigenvalue weighted by atomic mass is 16.5. The van der Waals surface area contributed by atoms with Crippen LogP contribution in [0.5, 0.6) is 0 Å². The van der Waals surface area contributed by atoms with Gasteiger partial charge in [0.15, 0.2) is 0 Å². The molecule has 3 unspecified atom stereocenters. The SMILES string of the molecule is CC(CC1OCCC1CNC(C)(C)C)c1ccccc1. The Hall–Kier alpha value is -0.860. The summed E-state index contributed by atoms with van der Waals surface area (Å²) >= 11 is 0. The van der Waals surface area contributed by atoms with Crippen LogP contribution in [0.1, 0.15) is 52.0 Å². The molecule has 1 N–H and O–H groups in total. The van der Waals surface area contributed by atoms with Gasteiger partial charge in [-0.05, 0) is 51.0 Å². The zero-order valence-electron chi connectivity index (χ0n) is 13.4. The molecule has 0 aliphatic carbocycles. The zero-order chi connectivity index (χ0) is 14.6. The Labute approximate surface area is 123 Å². The standard InChI is InChI=1S/C18H29NO/c1-14(15-8-6-5-7-9-15)12-17-16(10-11-20-17)13-19-18(2,3)4/h5-9,14,16-17,19H,10-13H2,1-4H3. The first-order valence-electron chi connectivity index (χ1n) is 7.87. The van der Waals surface area contributed by atoms with E-state index in [1.165, 1.54) is 12.0 Å². The van der Waals surface area contributed by atoms with Gasteiger partial charge in [-0.25, -0.2) is 0 Å². The van der Waals surface area contributed by atoms with Gasteiger partial charge in [-0.15, -0.1) is 0 Å². The van der Waals surface area contributed by atoms with E-state index in [2.05, 4.69) is 63.3 Å². The molecule has 2 nitrogen and oxygen atoms in total. The second-order valence-corrected chi connectivity index (χ2v) is 7.14. The van der Waals surface area contributed by atoms with Crippen molar-refractivity contribution in [2.45, 2.75) is 58.1 Å². The van der Waals surface area contributed by atoms with Crippen LogP contribution in [0.2, 0.25) is 0 Å². The van der Waals surface area contributed by atoms with E-state index < -0.39 is 0 Å². The molecule has 2 heteroatoms. The lowest BCUT2D eigenvalue weighted by Gasteiger charge is -2.27. The molecule has 3 atom stereocenters. The summed E-state index contributed by atoms with van der Waals surface area (Å²) in [7, 11) is 0. The predicted molar refractivity (Wildman–Crippen MR) is 85.1 cm³/mol. The van der Waals surface area contributed by atoms with E-state index in [0.29, 0.717) is 17.9 Å². The van der Waals surface area contributed by atoms with Crippen molar-refractivity contribution in [3.05, 3.63) is 35.9 Å². The molecule has 1 aromatic rings. The number of nitrogens with one attached hydrogen (secondary N) is 1. The Kier molecular flexibility index (Phi) is 5.22. The molecule has 20 heavy (non-hydrogen) atoms. The quantitative estimate of drug-likeness (QED) is 0.878. The maximum atomic E-state index is 5.98. The number of hydrogen-bond donors (Lipinski definition) is 1. The first kappa shape index (κ1) is 15.5. The minimum absolute atomic E-state index is 0.193. The first-order chi connectivity index (χ1) is 9.46. The van der Waals surface area contributed by atoms with Crippen LogP contribution in [0, 0.1) is 5.92 Å². The smallest absolute Gasteiger partial charge is 0.0622 e. The van der Waals surface area contributed by atoms with Crippen LogP contribution in [0.25, 0.3) is 0 Å². The van der Waals surface area contributed by atoms with Gasteiger partial charge in [-0.3, -0.25) is 0 Å². The normalized spacial score (nSPS) is 24.8. The molecule has 1 saturated heterocycles. The Bertz CT molecular complexity index is 396. The average Bonchev–Trinajstić information content (AvgIpc) is 2.84. The van der Waals surface area contributed by atoms with E-state index >= 15 is 0 Å². The van der Waals surface area contributed by atoms with Crippen LogP contribution >= 0.6 is 0 Å². The monoisotopic (exact) mass is 275 g/mol. The average molecular weight is 275 g/mol. The summed E-state index contributed by atoms with van der Waals surface area (Å²) in [4.78, 5) is 0. The number of hydrogen-bond acceptors (Lipinski definition) is 2. The molecule has 0 aromatic heterocycles. The summed E-state index contributed by atoms with van der Waals surface area (Å²) in [6.45, 7) is 11.0. The molecule has 112 valence electrons. The van der Waals surface area contributed by atoms with Gasteiger partial charge in [0.25, 0.3) is 0 Å². The lowest BCUT2D eigenvalue weighted by atomic mass is 9.89. The molecule has 0 saturated carbocycles. The summed E-state index contributed by atoms with van der Waals surface area (Å²) < 4.78 is 5.98. The fraction of sp³-hybridized carbons (Fsp3) is 0.667. The summed E-state index contributed by atoms with van der Waals surface area (Å²) in [5, 5.41) is 3.63. The molecule has 1 aromatic carbocycles. The third-order valence-corrected chi connectivity index (χ3v) is 4.20.